The number of benzene rings is 1. The van der Waals surface area contributed by atoms with Crippen LogP contribution in [0.5, 0.6) is 0 Å². The Bertz CT molecular complexity index is 717. The summed E-state index contributed by atoms with van der Waals surface area (Å²) in [4.78, 5) is 12.4. The third-order valence-electron chi connectivity index (χ3n) is 3.87. The van der Waals surface area contributed by atoms with Gasteiger partial charge in [-0.25, -0.2) is 0 Å². The minimum Gasteiger partial charge on any atom is -0.347 e. The summed E-state index contributed by atoms with van der Waals surface area (Å²) in [5.41, 5.74) is 3.65. The smallest absolute Gasteiger partial charge is 0.271 e. The second-order valence-electron chi connectivity index (χ2n) is 6.80. The molecule has 0 spiro atoms. The molecule has 1 N–H and O–H groups in total. The number of carbonyl (C=O) groups excluding carboxylic acids is 1. The van der Waals surface area contributed by atoms with E-state index in [2.05, 4.69) is 65.9 Å². The maximum absolute atomic E-state index is 12.4. The molecule has 1 aromatic carbocycles. The van der Waals surface area contributed by atoms with Crippen molar-refractivity contribution in [2.75, 3.05) is 4.43 Å². The van der Waals surface area contributed by atoms with Crippen LogP contribution < -0.4 is 5.32 Å². The van der Waals surface area contributed by atoms with Crippen LogP contribution in [-0.4, -0.2) is 20.1 Å². The standard InChI is InChI=1S/C18H23ClIN3O/c1-18(2,3)13-7-5-12(6-8-13)11-21-17(24)16-15(19)14(9-10-20)22-23(16)4/h5-8H,9-11H2,1-4H3,(H,21,24). The highest BCUT2D eigenvalue weighted by Gasteiger charge is 2.20. The predicted molar refractivity (Wildman–Crippen MR) is 107 cm³/mol. The van der Waals surface area contributed by atoms with E-state index in [9.17, 15) is 4.79 Å². The van der Waals surface area contributed by atoms with Crippen molar-refractivity contribution in [2.45, 2.75) is 39.2 Å². The molecule has 1 heterocycles. The van der Waals surface area contributed by atoms with Gasteiger partial charge in [-0.15, -0.1) is 0 Å². The van der Waals surface area contributed by atoms with Crippen molar-refractivity contribution < 1.29 is 4.79 Å². The van der Waals surface area contributed by atoms with Crippen LogP contribution in [0.1, 0.15) is 48.1 Å². The number of nitrogens with zero attached hydrogens (tertiary/aromatic N) is 2. The van der Waals surface area contributed by atoms with Gasteiger partial charge in [-0.2, -0.15) is 5.10 Å². The first kappa shape index (κ1) is 19.2. The number of halogens is 2. The summed E-state index contributed by atoms with van der Waals surface area (Å²) in [5, 5.41) is 7.71. The third kappa shape index (κ3) is 4.51. The molecule has 1 aromatic heterocycles. The molecule has 2 aromatic rings. The Kier molecular flexibility index (Phi) is 6.31. The zero-order valence-corrected chi connectivity index (χ0v) is 17.4. The summed E-state index contributed by atoms with van der Waals surface area (Å²) in [7, 11) is 1.75. The topological polar surface area (TPSA) is 46.9 Å². The van der Waals surface area contributed by atoms with E-state index in [4.69, 9.17) is 11.6 Å². The Labute approximate surface area is 162 Å². The lowest BCUT2D eigenvalue weighted by Crippen LogP contribution is -2.25. The highest BCUT2D eigenvalue weighted by molar-refractivity contribution is 14.1. The molecule has 0 aliphatic rings. The molecule has 6 heteroatoms. The number of aryl methyl sites for hydroxylation is 2. The van der Waals surface area contributed by atoms with E-state index in [1.165, 1.54) is 5.56 Å². The maximum Gasteiger partial charge on any atom is 0.271 e. The van der Waals surface area contributed by atoms with Gasteiger partial charge in [-0.05, 0) is 16.5 Å². The average Bonchev–Trinajstić information content (AvgIpc) is 2.79. The van der Waals surface area contributed by atoms with Gasteiger partial charge in [0.25, 0.3) is 5.91 Å². The fourth-order valence-corrected chi connectivity index (χ4v) is 3.29. The fraction of sp³-hybridized carbons (Fsp3) is 0.444. The lowest BCUT2D eigenvalue weighted by Gasteiger charge is -2.19. The third-order valence-corrected chi connectivity index (χ3v) is 4.81. The Morgan fingerprint density at radius 3 is 2.46 bits per heavy atom. The van der Waals surface area contributed by atoms with Crippen molar-refractivity contribution in [3.8, 4) is 0 Å². The van der Waals surface area contributed by atoms with E-state index in [-0.39, 0.29) is 11.3 Å². The highest BCUT2D eigenvalue weighted by Crippen LogP contribution is 2.23. The Hall–Kier alpha value is -1.08. The summed E-state index contributed by atoms with van der Waals surface area (Å²) in [6.07, 6.45) is 0.759. The maximum atomic E-state index is 12.4. The number of aromatic nitrogens is 2. The van der Waals surface area contributed by atoms with Crippen LogP contribution in [0.3, 0.4) is 0 Å². The Morgan fingerprint density at radius 2 is 1.92 bits per heavy atom. The van der Waals surface area contributed by atoms with Crippen LogP contribution in [0, 0.1) is 0 Å². The van der Waals surface area contributed by atoms with Crippen molar-refractivity contribution in [1.29, 1.82) is 0 Å². The van der Waals surface area contributed by atoms with Crippen LogP contribution in [0.15, 0.2) is 24.3 Å². The molecule has 0 bridgehead atoms. The first-order valence-corrected chi connectivity index (χ1v) is 9.79. The van der Waals surface area contributed by atoms with Gasteiger partial charge in [0.1, 0.15) is 5.69 Å². The molecule has 0 radical (unpaired) electrons. The van der Waals surface area contributed by atoms with Crippen LogP contribution in [0.25, 0.3) is 0 Å². The van der Waals surface area contributed by atoms with E-state index in [0.29, 0.717) is 17.3 Å². The predicted octanol–water partition coefficient (Wildman–Crippen LogP) is 4.28. The van der Waals surface area contributed by atoms with Crippen LogP contribution in [0.4, 0.5) is 0 Å². The molecule has 0 atom stereocenters. The van der Waals surface area contributed by atoms with Gasteiger partial charge in [0.15, 0.2) is 0 Å². The van der Waals surface area contributed by atoms with Gasteiger partial charge in [0.2, 0.25) is 0 Å². The van der Waals surface area contributed by atoms with Crippen molar-refractivity contribution in [1.82, 2.24) is 15.1 Å². The van der Waals surface area contributed by atoms with Gasteiger partial charge in [0.05, 0.1) is 10.7 Å². The molecule has 130 valence electrons. The van der Waals surface area contributed by atoms with Crippen molar-refractivity contribution in [3.05, 3.63) is 51.8 Å². The molecule has 0 fully saturated rings. The number of nitrogens with one attached hydrogen (secondary N) is 1. The summed E-state index contributed by atoms with van der Waals surface area (Å²) in [6, 6.07) is 8.31. The minimum atomic E-state index is -0.199. The van der Waals surface area contributed by atoms with Gasteiger partial charge in [0, 0.05) is 24.4 Å². The van der Waals surface area contributed by atoms with E-state index in [0.717, 1.165) is 22.1 Å². The molecular formula is C18H23ClIN3O. The molecule has 4 nitrogen and oxygen atoms in total. The number of rotatable bonds is 5. The number of alkyl halides is 1. The SMILES string of the molecule is Cn1nc(CCI)c(Cl)c1C(=O)NCc1ccc(C(C)(C)C)cc1. The lowest BCUT2D eigenvalue weighted by atomic mass is 9.87. The molecule has 1 amide bonds. The Morgan fingerprint density at radius 1 is 1.29 bits per heavy atom. The molecule has 24 heavy (non-hydrogen) atoms. The van der Waals surface area contributed by atoms with E-state index < -0.39 is 0 Å². The van der Waals surface area contributed by atoms with Gasteiger partial charge < -0.3 is 5.32 Å². The number of hydrogen-bond acceptors (Lipinski definition) is 2. The zero-order chi connectivity index (χ0) is 17.9. The second kappa shape index (κ2) is 7.87. The van der Waals surface area contributed by atoms with Gasteiger partial charge in [-0.3, -0.25) is 9.48 Å². The molecule has 0 saturated heterocycles. The van der Waals surface area contributed by atoms with E-state index in [1.807, 2.05) is 12.1 Å². The monoisotopic (exact) mass is 459 g/mol. The zero-order valence-electron chi connectivity index (χ0n) is 14.5. The van der Waals surface area contributed by atoms with Gasteiger partial charge >= 0.3 is 0 Å². The minimum absolute atomic E-state index is 0.124. The summed E-state index contributed by atoms with van der Waals surface area (Å²) < 4.78 is 2.47. The van der Waals surface area contributed by atoms with E-state index >= 15 is 0 Å². The summed E-state index contributed by atoms with van der Waals surface area (Å²) in [5.74, 6) is -0.199. The van der Waals surface area contributed by atoms with Crippen molar-refractivity contribution in [2.24, 2.45) is 7.05 Å². The number of hydrogen-bond donors (Lipinski definition) is 1. The van der Waals surface area contributed by atoms with E-state index in [1.54, 1.807) is 11.7 Å². The number of amides is 1. The highest BCUT2D eigenvalue weighted by atomic mass is 127. The average molecular weight is 460 g/mol. The van der Waals surface area contributed by atoms with Crippen LogP contribution in [-0.2, 0) is 25.4 Å². The van der Waals surface area contributed by atoms with Crippen molar-refractivity contribution in [3.63, 3.8) is 0 Å². The molecule has 0 aliphatic carbocycles. The van der Waals surface area contributed by atoms with Crippen LogP contribution >= 0.6 is 34.2 Å². The molecule has 0 saturated carbocycles. The van der Waals surface area contributed by atoms with Crippen LogP contribution in [0.2, 0.25) is 5.02 Å². The summed E-state index contributed by atoms with van der Waals surface area (Å²) >= 11 is 8.58. The second-order valence-corrected chi connectivity index (χ2v) is 8.26. The first-order valence-electron chi connectivity index (χ1n) is 7.89. The first-order chi connectivity index (χ1) is 11.2. The molecular weight excluding hydrogens is 437 g/mol. The Balaban J connectivity index is 2.06. The summed E-state index contributed by atoms with van der Waals surface area (Å²) in [6.45, 7) is 7.01. The quantitative estimate of drug-likeness (QED) is 0.536. The normalized spacial score (nSPS) is 11.6. The lowest BCUT2D eigenvalue weighted by molar-refractivity contribution is 0.0941. The molecule has 0 unspecified atom stereocenters. The largest absolute Gasteiger partial charge is 0.347 e. The molecule has 2 rings (SSSR count). The van der Waals surface area contributed by atoms with Crippen molar-refractivity contribution >= 4 is 40.1 Å². The molecule has 0 aliphatic heterocycles. The van der Waals surface area contributed by atoms with Gasteiger partial charge in [-0.1, -0.05) is 79.2 Å². The fourth-order valence-electron chi connectivity index (χ4n) is 2.44. The number of carbonyl (C=O) groups is 1.